The SMILES string of the molecule is C=C(C)Cn1cc(-c2cnc3c(Cc4ccc(C(=O)CCCOCCC)c(CC)c4)nccn23)c(C(F)(F)F)n1. The maximum atomic E-state index is 13.9. The van der Waals surface area contributed by atoms with Crippen LogP contribution in [0.2, 0.25) is 0 Å². The Morgan fingerprint density at radius 2 is 1.95 bits per heavy atom. The number of aromatic nitrogens is 5. The van der Waals surface area contributed by atoms with Crippen molar-refractivity contribution < 1.29 is 22.7 Å². The molecule has 0 bridgehead atoms. The molecule has 0 fully saturated rings. The summed E-state index contributed by atoms with van der Waals surface area (Å²) >= 11 is 0. The standard InChI is InChI=1S/C30H34F3N5O2/c1-5-13-40-14-7-8-27(39)23-10-9-21(15-22(23)6-2)16-25-29-35-17-26(38(29)12-11-34-25)24-19-37(18-20(3)4)36-28(24)30(31,32)33/h9-12,15,17,19H,3,5-8,13-14,16,18H2,1-2,4H3. The van der Waals surface area contributed by atoms with E-state index < -0.39 is 11.9 Å². The van der Waals surface area contributed by atoms with Gasteiger partial charge in [-0.1, -0.05) is 44.2 Å². The van der Waals surface area contributed by atoms with Gasteiger partial charge in [-0.25, -0.2) is 4.98 Å². The summed E-state index contributed by atoms with van der Waals surface area (Å²) < 4.78 is 49.9. The van der Waals surface area contributed by atoms with Crippen molar-refractivity contribution in [3.63, 3.8) is 0 Å². The zero-order valence-corrected chi connectivity index (χ0v) is 23.1. The van der Waals surface area contributed by atoms with Gasteiger partial charge in [0.25, 0.3) is 0 Å². The maximum absolute atomic E-state index is 13.9. The molecule has 10 heteroatoms. The molecule has 4 rings (SSSR count). The molecule has 0 atom stereocenters. The summed E-state index contributed by atoms with van der Waals surface area (Å²) in [5, 5.41) is 3.79. The number of alkyl halides is 3. The number of nitrogens with zero attached hydrogens (tertiary/aromatic N) is 5. The topological polar surface area (TPSA) is 74.3 Å². The highest BCUT2D eigenvalue weighted by atomic mass is 19.4. The van der Waals surface area contributed by atoms with Crippen molar-refractivity contribution in [1.82, 2.24) is 24.1 Å². The fraction of sp³-hybridized carbons (Fsp3) is 0.400. The number of hydrogen-bond donors (Lipinski definition) is 0. The quantitative estimate of drug-likeness (QED) is 0.104. The highest BCUT2D eigenvalue weighted by Gasteiger charge is 2.38. The minimum atomic E-state index is -4.63. The van der Waals surface area contributed by atoms with Crippen molar-refractivity contribution >= 4 is 11.4 Å². The molecule has 1 aromatic carbocycles. The summed E-state index contributed by atoms with van der Waals surface area (Å²) in [7, 11) is 0. The first kappa shape index (κ1) is 29.2. The number of carbonyl (C=O) groups excluding carboxylic acids is 1. The molecule has 4 aromatic rings. The fourth-order valence-corrected chi connectivity index (χ4v) is 4.70. The van der Waals surface area contributed by atoms with Gasteiger partial charge >= 0.3 is 6.18 Å². The van der Waals surface area contributed by atoms with E-state index in [1.54, 1.807) is 23.7 Å². The molecular formula is C30H34F3N5O2. The molecule has 0 amide bonds. The third kappa shape index (κ3) is 6.67. The van der Waals surface area contributed by atoms with Gasteiger partial charge in [-0.3, -0.25) is 18.9 Å². The lowest BCUT2D eigenvalue weighted by Gasteiger charge is -2.11. The summed E-state index contributed by atoms with van der Waals surface area (Å²) in [4.78, 5) is 21.7. The molecule has 3 aromatic heterocycles. The van der Waals surface area contributed by atoms with Gasteiger partial charge in [0.05, 0.1) is 29.7 Å². The third-order valence-electron chi connectivity index (χ3n) is 6.50. The van der Waals surface area contributed by atoms with Crippen LogP contribution in [0.5, 0.6) is 0 Å². The third-order valence-corrected chi connectivity index (χ3v) is 6.50. The van der Waals surface area contributed by atoms with Crippen molar-refractivity contribution in [3.8, 4) is 11.3 Å². The number of aryl methyl sites for hydroxylation is 1. The smallest absolute Gasteiger partial charge is 0.381 e. The Hall–Kier alpha value is -3.79. The van der Waals surface area contributed by atoms with E-state index in [1.807, 2.05) is 32.0 Å². The maximum Gasteiger partial charge on any atom is 0.435 e. The summed E-state index contributed by atoms with van der Waals surface area (Å²) in [5.74, 6) is 0.0919. The molecule has 7 nitrogen and oxygen atoms in total. The second-order valence-electron chi connectivity index (χ2n) is 9.92. The van der Waals surface area contributed by atoms with Crippen LogP contribution in [0.3, 0.4) is 0 Å². The van der Waals surface area contributed by atoms with E-state index in [1.165, 1.54) is 17.1 Å². The van der Waals surface area contributed by atoms with E-state index in [0.29, 0.717) is 61.4 Å². The predicted octanol–water partition coefficient (Wildman–Crippen LogP) is 6.73. The summed E-state index contributed by atoms with van der Waals surface area (Å²) in [5.41, 5.74) is 3.61. The molecule has 40 heavy (non-hydrogen) atoms. The lowest BCUT2D eigenvalue weighted by molar-refractivity contribution is -0.141. The number of hydrogen-bond acceptors (Lipinski definition) is 5. The molecule has 0 aliphatic heterocycles. The van der Waals surface area contributed by atoms with Gasteiger partial charge in [0.15, 0.2) is 17.1 Å². The van der Waals surface area contributed by atoms with Crippen LogP contribution in [-0.2, 0) is 30.3 Å². The van der Waals surface area contributed by atoms with Crippen molar-refractivity contribution in [1.29, 1.82) is 0 Å². The molecule has 3 heterocycles. The van der Waals surface area contributed by atoms with E-state index in [0.717, 1.165) is 17.5 Å². The van der Waals surface area contributed by atoms with E-state index >= 15 is 0 Å². The first-order valence-corrected chi connectivity index (χ1v) is 13.4. The molecule has 0 unspecified atom stereocenters. The molecule has 0 aliphatic carbocycles. The van der Waals surface area contributed by atoms with Gasteiger partial charge in [0, 0.05) is 50.2 Å². The van der Waals surface area contributed by atoms with Crippen molar-refractivity contribution in [2.24, 2.45) is 0 Å². The minimum Gasteiger partial charge on any atom is -0.381 e. The van der Waals surface area contributed by atoms with E-state index in [9.17, 15) is 18.0 Å². The summed E-state index contributed by atoms with van der Waals surface area (Å²) in [6.07, 6.45) is 4.48. The second-order valence-corrected chi connectivity index (χ2v) is 9.92. The Balaban J connectivity index is 1.61. The number of benzene rings is 1. The number of ketones is 1. The number of carbonyl (C=O) groups is 1. The predicted molar refractivity (Wildman–Crippen MR) is 147 cm³/mol. The molecule has 0 saturated heterocycles. The zero-order valence-electron chi connectivity index (χ0n) is 23.1. The highest BCUT2D eigenvalue weighted by molar-refractivity contribution is 5.97. The summed E-state index contributed by atoms with van der Waals surface area (Å²) in [6.45, 7) is 11.0. The van der Waals surface area contributed by atoms with Crippen LogP contribution in [-0.4, -0.2) is 43.1 Å². The van der Waals surface area contributed by atoms with Crippen molar-refractivity contribution in [3.05, 3.63) is 83.2 Å². The van der Waals surface area contributed by atoms with Crippen LogP contribution in [0.1, 0.15) is 72.9 Å². The molecule has 0 spiro atoms. The van der Waals surface area contributed by atoms with E-state index in [4.69, 9.17) is 4.74 Å². The van der Waals surface area contributed by atoms with Gasteiger partial charge in [-0.15, -0.1) is 0 Å². The molecule has 0 radical (unpaired) electrons. The Morgan fingerprint density at radius 1 is 1.15 bits per heavy atom. The van der Waals surface area contributed by atoms with Gasteiger partial charge in [-0.05, 0) is 37.3 Å². The number of allylic oxidation sites excluding steroid dienone is 1. The number of ether oxygens (including phenoxy) is 1. The Bertz CT molecular complexity index is 1500. The van der Waals surface area contributed by atoms with Gasteiger partial charge < -0.3 is 4.74 Å². The molecule has 0 saturated carbocycles. The largest absolute Gasteiger partial charge is 0.435 e. The van der Waals surface area contributed by atoms with E-state index in [-0.39, 0.29) is 23.6 Å². The Kier molecular flexibility index (Phi) is 9.19. The van der Waals surface area contributed by atoms with Crippen LogP contribution in [0, 0.1) is 0 Å². The van der Waals surface area contributed by atoms with Crippen LogP contribution >= 0.6 is 0 Å². The average Bonchev–Trinajstić information content (AvgIpc) is 3.52. The molecular weight excluding hydrogens is 519 g/mol. The van der Waals surface area contributed by atoms with Crippen molar-refractivity contribution in [2.45, 2.75) is 65.6 Å². The first-order chi connectivity index (χ1) is 19.1. The van der Waals surface area contributed by atoms with Gasteiger partial charge in [-0.2, -0.15) is 18.3 Å². The van der Waals surface area contributed by atoms with Crippen LogP contribution in [0.4, 0.5) is 13.2 Å². The first-order valence-electron chi connectivity index (χ1n) is 13.4. The molecule has 212 valence electrons. The number of fused-ring (bicyclic) bond motifs is 1. The molecule has 0 aliphatic rings. The highest BCUT2D eigenvalue weighted by Crippen LogP contribution is 2.36. The fourth-order valence-electron chi connectivity index (χ4n) is 4.70. The minimum absolute atomic E-state index is 0.0605. The van der Waals surface area contributed by atoms with Crippen LogP contribution in [0.25, 0.3) is 16.9 Å². The molecule has 0 N–H and O–H groups in total. The van der Waals surface area contributed by atoms with Gasteiger partial charge in [0.2, 0.25) is 0 Å². The summed E-state index contributed by atoms with van der Waals surface area (Å²) in [6, 6.07) is 5.75. The number of imidazole rings is 1. The second kappa shape index (κ2) is 12.6. The van der Waals surface area contributed by atoms with E-state index in [2.05, 4.69) is 21.6 Å². The Labute approximate surface area is 231 Å². The van der Waals surface area contributed by atoms with Crippen LogP contribution < -0.4 is 0 Å². The average molecular weight is 554 g/mol. The number of rotatable bonds is 13. The zero-order chi connectivity index (χ0) is 28.9. The van der Waals surface area contributed by atoms with Crippen LogP contribution in [0.15, 0.2) is 55.1 Å². The lowest BCUT2D eigenvalue weighted by atomic mass is 9.95. The van der Waals surface area contributed by atoms with Crippen molar-refractivity contribution in [2.75, 3.05) is 13.2 Å². The number of Topliss-reactive ketones (excluding diaryl/α,β-unsaturated/α-hetero) is 1. The monoisotopic (exact) mass is 553 g/mol. The Morgan fingerprint density at radius 3 is 2.65 bits per heavy atom. The number of halogens is 3. The normalized spacial score (nSPS) is 11.8. The van der Waals surface area contributed by atoms with Gasteiger partial charge in [0.1, 0.15) is 0 Å². The lowest BCUT2D eigenvalue weighted by Crippen LogP contribution is -2.09.